The van der Waals surface area contributed by atoms with E-state index in [-0.39, 0.29) is 5.91 Å². The van der Waals surface area contributed by atoms with Gasteiger partial charge < -0.3 is 10.1 Å². The summed E-state index contributed by atoms with van der Waals surface area (Å²) in [4.78, 5) is 10.9. The van der Waals surface area contributed by atoms with Gasteiger partial charge >= 0.3 is 0 Å². The molecule has 0 spiro atoms. The van der Waals surface area contributed by atoms with Gasteiger partial charge in [0.2, 0.25) is 5.91 Å². The summed E-state index contributed by atoms with van der Waals surface area (Å²) in [5, 5.41) is 2.83. The molecule has 0 saturated heterocycles. The molecule has 0 aromatic heterocycles. The number of carbonyl (C=O) groups excluding carboxylic acids is 1. The third-order valence-electron chi connectivity index (χ3n) is 4.90. The van der Waals surface area contributed by atoms with Crippen molar-refractivity contribution in [1.29, 1.82) is 0 Å². The number of hydrogen-bond donors (Lipinski definition) is 1. The van der Waals surface area contributed by atoms with Gasteiger partial charge in [-0.05, 0) is 54.3 Å². The molecule has 0 radical (unpaired) electrons. The summed E-state index contributed by atoms with van der Waals surface area (Å²) in [7, 11) is 0. The van der Waals surface area contributed by atoms with Crippen LogP contribution in [0.5, 0.6) is 0 Å². The normalized spacial score (nSPS) is 16.2. The summed E-state index contributed by atoms with van der Waals surface area (Å²) in [6, 6.07) is 0. The van der Waals surface area contributed by atoms with Crippen molar-refractivity contribution >= 4 is 5.91 Å². The molecule has 26 heavy (non-hydrogen) atoms. The summed E-state index contributed by atoms with van der Waals surface area (Å²) in [6.07, 6.45) is 5.94. The Morgan fingerprint density at radius 1 is 0.962 bits per heavy atom. The lowest BCUT2D eigenvalue weighted by Crippen LogP contribution is -2.25. The van der Waals surface area contributed by atoms with Gasteiger partial charge in [-0.15, -0.1) is 0 Å². The molecule has 0 aliphatic rings. The number of carbonyl (C=O) groups is 1. The molecule has 1 amide bonds. The largest absolute Gasteiger partial charge is 0.381 e. The van der Waals surface area contributed by atoms with E-state index in [2.05, 4.69) is 60.7 Å². The maximum Gasteiger partial charge on any atom is 0.216 e. The molecule has 0 aliphatic carbocycles. The summed E-state index contributed by atoms with van der Waals surface area (Å²) in [6.45, 7) is 22.6. The Morgan fingerprint density at radius 2 is 1.54 bits per heavy atom. The van der Waals surface area contributed by atoms with Crippen LogP contribution in [-0.4, -0.2) is 25.7 Å². The second-order valence-corrected chi connectivity index (χ2v) is 10.9. The molecule has 0 aromatic carbocycles. The monoisotopic (exact) mass is 369 g/mol. The van der Waals surface area contributed by atoms with Gasteiger partial charge in [0, 0.05) is 26.7 Å². The molecule has 3 heteroatoms. The van der Waals surface area contributed by atoms with Crippen molar-refractivity contribution in [3.63, 3.8) is 0 Å². The van der Waals surface area contributed by atoms with Crippen molar-refractivity contribution in [3.8, 4) is 0 Å². The Bertz CT molecular complexity index is 379. The van der Waals surface area contributed by atoms with E-state index in [9.17, 15) is 4.79 Å². The van der Waals surface area contributed by atoms with Crippen LogP contribution in [0.1, 0.15) is 94.4 Å². The average molecular weight is 370 g/mol. The predicted octanol–water partition coefficient (Wildman–Crippen LogP) is 6.07. The van der Waals surface area contributed by atoms with Gasteiger partial charge in [-0.3, -0.25) is 4.79 Å². The van der Waals surface area contributed by atoms with Crippen LogP contribution in [0.15, 0.2) is 0 Å². The lowest BCUT2D eigenvalue weighted by Gasteiger charge is -2.31. The number of nitrogens with one attached hydrogen (secondary N) is 1. The standard InChI is InChI=1S/C23H47NO2/c1-18(15-22(4,5)6)11-12-21(19(2)16-23(7,8)9)17-26-14-10-13-24-20(3)25/h18-19,21H,10-17H2,1-9H3,(H,24,25). The van der Waals surface area contributed by atoms with Gasteiger partial charge in [0.15, 0.2) is 0 Å². The van der Waals surface area contributed by atoms with Gasteiger partial charge in [-0.25, -0.2) is 0 Å². The second kappa shape index (κ2) is 12.0. The maximum atomic E-state index is 10.9. The highest BCUT2D eigenvalue weighted by Crippen LogP contribution is 2.33. The highest BCUT2D eigenvalue weighted by Gasteiger charge is 2.24. The van der Waals surface area contributed by atoms with Crippen LogP contribution in [0.2, 0.25) is 0 Å². The van der Waals surface area contributed by atoms with E-state index >= 15 is 0 Å². The lowest BCUT2D eigenvalue weighted by atomic mass is 9.76. The van der Waals surface area contributed by atoms with Gasteiger partial charge in [0.25, 0.3) is 0 Å². The van der Waals surface area contributed by atoms with Gasteiger partial charge in [-0.1, -0.05) is 61.8 Å². The molecule has 3 nitrogen and oxygen atoms in total. The summed E-state index contributed by atoms with van der Waals surface area (Å²) >= 11 is 0. The number of ether oxygens (including phenoxy) is 1. The fraction of sp³-hybridized carbons (Fsp3) is 0.957. The average Bonchev–Trinajstić information content (AvgIpc) is 2.41. The van der Waals surface area contributed by atoms with Gasteiger partial charge in [0.1, 0.15) is 0 Å². The first-order valence-corrected chi connectivity index (χ1v) is 10.6. The third-order valence-corrected chi connectivity index (χ3v) is 4.90. The smallest absolute Gasteiger partial charge is 0.216 e. The van der Waals surface area contributed by atoms with Crippen molar-refractivity contribution < 1.29 is 9.53 Å². The van der Waals surface area contributed by atoms with Crippen molar-refractivity contribution in [1.82, 2.24) is 5.32 Å². The van der Waals surface area contributed by atoms with E-state index in [0.29, 0.717) is 29.2 Å². The van der Waals surface area contributed by atoms with Crippen LogP contribution in [-0.2, 0) is 9.53 Å². The Hall–Kier alpha value is -0.570. The molecule has 0 aromatic rings. The van der Waals surface area contributed by atoms with Crippen molar-refractivity contribution in [3.05, 3.63) is 0 Å². The van der Waals surface area contributed by atoms with Crippen LogP contribution >= 0.6 is 0 Å². The first-order chi connectivity index (χ1) is 11.8. The van der Waals surface area contributed by atoms with E-state index in [1.54, 1.807) is 6.92 Å². The second-order valence-electron chi connectivity index (χ2n) is 10.9. The molecule has 3 atom stereocenters. The molecule has 3 unspecified atom stereocenters. The zero-order valence-electron chi connectivity index (χ0n) is 19.2. The Balaban J connectivity index is 4.44. The molecule has 0 aliphatic heterocycles. The minimum absolute atomic E-state index is 0.0366. The first-order valence-electron chi connectivity index (χ1n) is 10.6. The summed E-state index contributed by atoms with van der Waals surface area (Å²) < 4.78 is 6.00. The van der Waals surface area contributed by atoms with Crippen LogP contribution in [0, 0.1) is 28.6 Å². The Kier molecular flexibility index (Phi) is 11.7. The predicted molar refractivity (Wildman–Crippen MR) is 113 cm³/mol. The van der Waals surface area contributed by atoms with Gasteiger partial charge in [-0.2, -0.15) is 0 Å². The number of rotatable bonds is 12. The van der Waals surface area contributed by atoms with Crippen LogP contribution in [0.4, 0.5) is 0 Å². The zero-order valence-corrected chi connectivity index (χ0v) is 19.2. The molecular weight excluding hydrogens is 322 g/mol. The number of amides is 1. The maximum absolute atomic E-state index is 10.9. The summed E-state index contributed by atoms with van der Waals surface area (Å²) in [5.41, 5.74) is 0.770. The highest BCUT2D eigenvalue weighted by molar-refractivity contribution is 5.72. The fourth-order valence-corrected chi connectivity index (χ4v) is 3.98. The molecule has 1 N–H and O–H groups in total. The third kappa shape index (κ3) is 15.7. The van der Waals surface area contributed by atoms with E-state index in [0.717, 1.165) is 25.6 Å². The van der Waals surface area contributed by atoms with Crippen LogP contribution < -0.4 is 5.32 Å². The SMILES string of the molecule is CC(=O)NCCCOCC(CCC(C)CC(C)(C)C)C(C)CC(C)(C)C. The van der Waals surface area contributed by atoms with E-state index in [1.165, 1.54) is 25.7 Å². The lowest BCUT2D eigenvalue weighted by molar-refractivity contribution is -0.119. The fourth-order valence-electron chi connectivity index (χ4n) is 3.98. The molecule has 0 saturated carbocycles. The van der Waals surface area contributed by atoms with Crippen molar-refractivity contribution in [2.75, 3.05) is 19.8 Å². The highest BCUT2D eigenvalue weighted by atomic mass is 16.5. The topological polar surface area (TPSA) is 38.3 Å². The van der Waals surface area contributed by atoms with Crippen molar-refractivity contribution in [2.24, 2.45) is 28.6 Å². The van der Waals surface area contributed by atoms with Crippen LogP contribution in [0.25, 0.3) is 0 Å². The van der Waals surface area contributed by atoms with Crippen LogP contribution in [0.3, 0.4) is 0 Å². The Labute approximate surface area is 164 Å². The van der Waals surface area contributed by atoms with Gasteiger partial charge in [0.05, 0.1) is 0 Å². The number of hydrogen-bond acceptors (Lipinski definition) is 2. The van der Waals surface area contributed by atoms with E-state index in [1.807, 2.05) is 0 Å². The minimum atomic E-state index is 0.0366. The Morgan fingerprint density at radius 3 is 2.04 bits per heavy atom. The zero-order chi connectivity index (χ0) is 20.4. The molecular formula is C23H47NO2. The van der Waals surface area contributed by atoms with E-state index < -0.39 is 0 Å². The molecule has 156 valence electrons. The van der Waals surface area contributed by atoms with Crippen molar-refractivity contribution in [2.45, 2.75) is 94.4 Å². The first kappa shape index (κ1) is 25.4. The summed E-state index contributed by atoms with van der Waals surface area (Å²) in [5.74, 6) is 2.10. The van der Waals surface area contributed by atoms with E-state index in [4.69, 9.17) is 4.74 Å². The molecule has 0 bridgehead atoms. The quantitative estimate of drug-likeness (QED) is 0.424. The molecule has 0 heterocycles. The molecule has 0 fully saturated rings. The molecule has 0 rings (SSSR count). The minimum Gasteiger partial charge on any atom is -0.381 e.